The molecule has 0 aliphatic carbocycles. The monoisotopic (exact) mass is 256 g/mol. The van der Waals surface area contributed by atoms with Gasteiger partial charge in [0.05, 0.1) is 17.8 Å². The minimum atomic E-state index is 0.259. The Morgan fingerprint density at radius 3 is 3.21 bits per heavy atom. The van der Waals surface area contributed by atoms with Gasteiger partial charge in [0.25, 0.3) is 0 Å². The summed E-state index contributed by atoms with van der Waals surface area (Å²) in [7, 11) is 0. The molecule has 0 saturated carbocycles. The lowest BCUT2D eigenvalue weighted by Crippen LogP contribution is -2.13. The van der Waals surface area contributed by atoms with Crippen LogP contribution in [0.15, 0.2) is 12.1 Å². The van der Waals surface area contributed by atoms with Crippen LogP contribution in [-0.4, -0.2) is 27.7 Å². The zero-order valence-electron chi connectivity index (χ0n) is 10.8. The number of hydrogen-bond donors (Lipinski definition) is 2. The number of nitriles is 1. The molecule has 0 amide bonds. The Bertz CT molecular complexity index is 632. The summed E-state index contributed by atoms with van der Waals surface area (Å²) >= 11 is 0. The highest BCUT2D eigenvalue weighted by Gasteiger charge is 2.20. The van der Waals surface area contributed by atoms with Crippen molar-refractivity contribution in [3.63, 3.8) is 0 Å². The van der Waals surface area contributed by atoms with Crippen LogP contribution in [0.3, 0.4) is 0 Å². The minimum absolute atomic E-state index is 0.259. The highest BCUT2D eigenvalue weighted by molar-refractivity contribution is 5.51. The van der Waals surface area contributed by atoms with E-state index >= 15 is 0 Å². The Kier molecular flexibility index (Phi) is 3.05. The molecule has 1 fully saturated rings. The van der Waals surface area contributed by atoms with E-state index in [0.29, 0.717) is 6.04 Å². The van der Waals surface area contributed by atoms with E-state index in [1.807, 2.05) is 19.1 Å². The van der Waals surface area contributed by atoms with Gasteiger partial charge < -0.3 is 10.6 Å². The van der Waals surface area contributed by atoms with Crippen LogP contribution in [0.4, 0.5) is 5.82 Å². The summed E-state index contributed by atoms with van der Waals surface area (Å²) in [6.45, 7) is 3.25. The van der Waals surface area contributed by atoms with Crippen LogP contribution in [0.1, 0.15) is 30.3 Å². The fourth-order valence-corrected chi connectivity index (χ4v) is 2.48. The number of nitrogens with one attached hydrogen (secondary N) is 2. The van der Waals surface area contributed by atoms with Crippen molar-refractivity contribution >= 4 is 11.5 Å². The summed E-state index contributed by atoms with van der Waals surface area (Å²) in [4.78, 5) is 4.49. The Labute approximate surface area is 111 Å². The molecule has 0 spiro atoms. The zero-order chi connectivity index (χ0) is 13.2. The molecule has 3 rings (SSSR count). The van der Waals surface area contributed by atoms with Gasteiger partial charge in [0, 0.05) is 17.8 Å². The third-order valence-electron chi connectivity index (χ3n) is 3.34. The molecule has 0 radical (unpaired) electrons. The SMILES string of the molecule is Cc1cc(NCC#N)n2nc(C3CCCN3)cc2n1. The quantitative estimate of drug-likeness (QED) is 0.812. The number of nitrogens with zero attached hydrogens (tertiary/aromatic N) is 4. The number of aromatic nitrogens is 3. The van der Waals surface area contributed by atoms with Crippen LogP contribution in [0.5, 0.6) is 0 Å². The Balaban J connectivity index is 2.02. The second-order valence-electron chi connectivity index (χ2n) is 4.78. The van der Waals surface area contributed by atoms with Gasteiger partial charge in [-0.3, -0.25) is 0 Å². The number of rotatable bonds is 3. The van der Waals surface area contributed by atoms with E-state index in [0.717, 1.165) is 35.8 Å². The summed E-state index contributed by atoms with van der Waals surface area (Å²) in [6, 6.07) is 6.33. The van der Waals surface area contributed by atoms with E-state index in [2.05, 4.69) is 26.8 Å². The van der Waals surface area contributed by atoms with Crippen molar-refractivity contribution in [3.8, 4) is 6.07 Å². The van der Waals surface area contributed by atoms with E-state index in [-0.39, 0.29) is 6.54 Å². The summed E-state index contributed by atoms with van der Waals surface area (Å²) < 4.78 is 1.78. The normalized spacial score (nSPS) is 18.6. The number of anilines is 1. The Morgan fingerprint density at radius 2 is 2.47 bits per heavy atom. The average Bonchev–Trinajstić information content (AvgIpc) is 3.03. The topological polar surface area (TPSA) is 78.0 Å². The van der Waals surface area contributed by atoms with Gasteiger partial charge in [0.2, 0.25) is 0 Å². The largest absolute Gasteiger partial charge is 0.357 e. The fourth-order valence-electron chi connectivity index (χ4n) is 2.48. The molecule has 6 heteroatoms. The highest BCUT2D eigenvalue weighted by atomic mass is 15.3. The number of fused-ring (bicyclic) bond motifs is 1. The molecule has 3 heterocycles. The van der Waals surface area contributed by atoms with Gasteiger partial charge >= 0.3 is 0 Å². The summed E-state index contributed by atoms with van der Waals surface area (Å²) in [5.41, 5.74) is 2.76. The molecule has 98 valence electrons. The van der Waals surface area contributed by atoms with Gasteiger partial charge in [-0.15, -0.1) is 0 Å². The molecule has 1 unspecified atom stereocenters. The maximum absolute atomic E-state index is 8.68. The van der Waals surface area contributed by atoms with Gasteiger partial charge in [-0.05, 0) is 26.3 Å². The second-order valence-corrected chi connectivity index (χ2v) is 4.78. The lowest BCUT2D eigenvalue weighted by atomic mass is 10.2. The van der Waals surface area contributed by atoms with Gasteiger partial charge in [-0.1, -0.05) is 0 Å². The molecule has 2 aromatic rings. The van der Waals surface area contributed by atoms with Gasteiger partial charge in [-0.2, -0.15) is 14.9 Å². The smallest absolute Gasteiger partial charge is 0.157 e. The second kappa shape index (κ2) is 4.86. The van der Waals surface area contributed by atoms with Crippen molar-refractivity contribution in [3.05, 3.63) is 23.5 Å². The molecule has 2 N–H and O–H groups in total. The maximum Gasteiger partial charge on any atom is 0.157 e. The molecule has 6 nitrogen and oxygen atoms in total. The van der Waals surface area contributed by atoms with Crippen molar-refractivity contribution in [1.82, 2.24) is 19.9 Å². The first kappa shape index (κ1) is 11.9. The first-order chi connectivity index (χ1) is 9.28. The average molecular weight is 256 g/mol. The van der Waals surface area contributed by atoms with E-state index in [1.54, 1.807) is 4.52 Å². The molecule has 1 atom stereocenters. The Hall–Kier alpha value is -2.13. The molecule has 2 aromatic heterocycles. The number of aryl methyl sites for hydroxylation is 1. The minimum Gasteiger partial charge on any atom is -0.357 e. The number of hydrogen-bond acceptors (Lipinski definition) is 5. The molecule has 1 saturated heterocycles. The van der Waals surface area contributed by atoms with Crippen LogP contribution < -0.4 is 10.6 Å². The fraction of sp³-hybridized carbons (Fsp3) is 0.462. The van der Waals surface area contributed by atoms with Gasteiger partial charge in [0.15, 0.2) is 5.65 Å². The molecule has 1 aliphatic rings. The summed E-state index contributed by atoms with van der Waals surface area (Å²) in [6.07, 6.45) is 2.30. The first-order valence-electron chi connectivity index (χ1n) is 6.49. The van der Waals surface area contributed by atoms with Crippen LogP contribution in [0.25, 0.3) is 5.65 Å². The van der Waals surface area contributed by atoms with Crippen LogP contribution >= 0.6 is 0 Å². The lowest BCUT2D eigenvalue weighted by Gasteiger charge is -2.06. The van der Waals surface area contributed by atoms with Crippen molar-refractivity contribution in [2.75, 3.05) is 18.4 Å². The van der Waals surface area contributed by atoms with Crippen molar-refractivity contribution in [1.29, 1.82) is 5.26 Å². The van der Waals surface area contributed by atoms with Crippen LogP contribution in [0, 0.1) is 18.3 Å². The van der Waals surface area contributed by atoms with E-state index in [4.69, 9.17) is 5.26 Å². The van der Waals surface area contributed by atoms with Crippen LogP contribution in [-0.2, 0) is 0 Å². The van der Waals surface area contributed by atoms with Crippen molar-refractivity contribution in [2.24, 2.45) is 0 Å². The van der Waals surface area contributed by atoms with E-state index in [1.165, 1.54) is 6.42 Å². The molecular formula is C13H16N6. The lowest BCUT2D eigenvalue weighted by molar-refractivity contribution is 0.620. The Morgan fingerprint density at radius 1 is 1.58 bits per heavy atom. The standard InChI is InChI=1S/C13H16N6/c1-9-7-12(16-6-4-14)19-13(17-9)8-11(18-19)10-3-2-5-15-10/h7-8,10,15-16H,2-3,5-6H2,1H3. The van der Waals surface area contributed by atoms with Crippen LogP contribution in [0.2, 0.25) is 0 Å². The molecular weight excluding hydrogens is 240 g/mol. The van der Waals surface area contributed by atoms with Crippen molar-refractivity contribution < 1.29 is 0 Å². The van der Waals surface area contributed by atoms with Crippen molar-refractivity contribution in [2.45, 2.75) is 25.8 Å². The molecule has 0 bridgehead atoms. The maximum atomic E-state index is 8.68. The molecule has 0 aromatic carbocycles. The van der Waals surface area contributed by atoms with Gasteiger partial charge in [0.1, 0.15) is 12.4 Å². The van der Waals surface area contributed by atoms with E-state index < -0.39 is 0 Å². The third-order valence-corrected chi connectivity index (χ3v) is 3.34. The highest BCUT2D eigenvalue weighted by Crippen LogP contribution is 2.24. The zero-order valence-corrected chi connectivity index (χ0v) is 10.8. The molecule has 1 aliphatic heterocycles. The summed E-state index contributed by atoms with van der Waals surface area (Å²) in [5.74, 6) is 0.813. The van der Waals surface area contributed by atoms with Gasteiger partial charge in [-0.25, -0.2) is 4.98 Å². The third kappa shape index (κ3) is 2.25. The predicted molar refractivity (Wildman–Crippen MR) is 71.8 cm³/mol. The summed E-state index contributed by atoms with van der Waals surface area (Å²) in [5, 5.41) is 19.8. The van der Waals surface area contributed by atoms with E-state index in [9.17, 15) is 0 Å². The first-order valence-corrected chi connectivity index (χ1v) is 6.49. The molecule has 19 heavy (non-hydrogen) atoms. The predicted octanol–water partition coefficient (Wildman–Crippen LogP) is 1.40.